The fourth-order valence-corrected chi connectivity index (χ4v) is 3.53. The normalized spacial score (nSPS) is 10.7. The molecule has 0 bridgehead atoms. The summed E-state index contributed by atoms with van der Waals surface area (Å²) in [5, 5.41) is 16.0. The van der Waals surface area contributed by atoms with Gasteiger partial charge in [-0.25, -0.2) is 0 Å². The van der Waals surface area contributed by atoms with Crippen molar-refractivity contribution in [2.45, 2.75) is 12.1 Å². The van der Waals surface area contributed by atoms with E-state index in [9.17, 15) is 9.59 Å². The van der Waals surface area contributed by atoms with Crippen LogP contribution in [0.4, 0.5) is 11.4 Å². The van der Waals surface area contributed by atoms with Crippen LogP contribution in [-0.4, -0.2) is 27.8 Å². The molecule has 150 valence electrons. The summed E-state index contributed by atoms with van der Waals surface area (Å²) < 4.78 is 5.65. The van der Waals surface area contributed by atoms with Crippen molar-refractivity contribution >= 4 is 45.7 Å². The van der Waals surface area contributed by atoms with Crippen molar-refractivity contribution in [3.8, 4) is 11.5 Å². The minimum Gasteiger partial charge on any atom is -0.411 e. The molecule has 4 rings (SSSR count). The molecule has 1 aromatic heterocycles. The van der Waals surface area contributed by atoms with Gasteiger partial charge in [-0.2, -0.15) is 0 Å². The molecule has 0 unspecified atom stereocenters. The van der Waals surface area contributed by atoms with Gasteiger partial charge < -0.3 is 15.1 Å². The molecule has 1 heterocycles. The second-order valence-corrected chi connectivity index (χ2v) is 7.43. The molecular formula is C22H18N4O3S. The van der Waals surface area contributed by atoms with E-state index in [1.54, 1.807) is 24.3 Å². The van der Waals surface area contributed by atoms with Crippen LogP contribution in [0.15, 0.2) is 76.4 Å². The average Bonchev–Trinajstić information content (AvgIpc) is 3.21. The summed E-state index contributed by atoms with van der Waals surface area (Å²) in [5.74, 6) is 0.130. The largest absolute Gasteiger partial charge is 0.411 e. The van der Waals surface area contributed by atoms with Crippen LogP contribution in [0, 0.1) is 0 Å². The van der Waals surface area contributed by atoms with Crippen molar-refractivity contribution < 1.29 is 14.0 Å². The lowest BCUT2D eigenvalue weighted by Gasteiger charge is -2.07. The van der Waals surface area contributed by atoms with Crippen molar-refractivity contribution in [1.82, 2.24) is 10.2 Å². The van der Waals surface area contributed by atoms with Crippen LogP contribution >= 0.6 is 11.8 Å². The Labute approximate surface area is 176 Å². The molecule has 0 saturated carbocycles. The molecule has 2 amide bonds. The third kappa shape index (κ3) is 4.66. The van der Waals surface area contributed by atoms with Crippen LogP contribution in [0.2, 0.25) is 0 Å². The number of carbonyl (C=O) groups excluding carboxylic acids is 2. The predicted molar refractivity (Wildman–Crippen MR) is 117 cm³/mol. The van der Waals surface area contributed by atoms with Crippen LogP contribution < -0.4 is 10.6 Å². The molecule has 7 nitrogen and oxygen atoms in total. The van der Waals surface area contributed by atoms with Crippen molar-refractivity contribution in [2.24, 2.45) is 0 Å². The highest BCUT2D eigenvalue weighted by atomic mass is 32.2. The van der Waals surface area contributed by atoms with E-state index in [0.717, 1.165) is 28.2 Å². The molecule has 0 aliphatic rings. The molecule has 0 fully saturated rings. The molecule has 2 N–H and O–H groups in total. The van der Waals surface area contributed by atoms with E-state index in [4.69, 9.17) is 4.42 Å². The number of fused-ring (bicyclic) bond motifs is 1. The Bertz CT molecular complexity index is 1220. The number of nitrogens with one attached hydrogen (secondary N) is 2. The smallest absolute Gasteiger partial charge is 0.277 e. The quantitative estimate of drug-likeness (QED) is 0.445. The fourth-order valence-electron chi connectivity index (χ4n) is 2.97. The van der Waals surface area contributed by atoms with Gasteiger partial charge in [-0.05, 0) is 29.7 Å². The van der Waals surface area contributed by atoms with E-state index < -0.39 is 0 Å². The molecule has 0 atom stereocenters. The van der Waals surface area contributed by atoms with Gasteiger partial charge in [0.05, 0.1) is 5.75 Å². The standard InChI is InChI=1S/C22H18N4O3S/c1-14(27)23-17-9-4-8-16(12-17)21-25-26-22(29-21)30-13-20(28)24-19-11-5-7-15-6-2-3-10-18(15)19/h2-12H,13H2,1H3,(H,23,27)(H,24,28). The zero-order chi connectivity index (χ0) is 20.9. The highest BCUT2D eigenvalue weighted by Gasteiger charge is 2.13. The van der Waals surface area contributed by atoms with Gasteiger partial charge >= 0.3 is 0 Å². The van der Waals surface area contributed by atoms with Crippen LogP contribution in [0.1, 0.15) is 6.92 Å². The number of anilines is 2. The van der Waals surface area contributed by atoms with Gasteiger partial charge in [0.2, 0.25) is 17.7 Å². The van der Waals surface area contributed by atoms with Crippen LogP contribution in [0.3, 0.4) is 0 Å². The van der Waals surface area contributed by atoms with Crippen molar-refractivity contribution in [1.29, 1.82) is 0 Å². The van der Waals surface area contributed by atoms with Gasteiger partial charge in [0.25, 0.3) is 5.22 Å². The first kappa shape index (κ1) is 19.7. The van der Waals surface area contributed by atoms with Gasteiger partial charge in [0, 0.05) is 29.2 Å². The lowest BCUT2D eigenvalue weighted by atomic mass is 10.1. The summed E-state index contributed by atoms with van der Waals surface area (Å²) in [4.78, 5) is 23.6. The van der Waals surface area contributed by atoms with E-state index in [1.807, 2.05) is 42.5 Å². The molecule has 0 saturated heterocycles. The Hall–Kier alpha value is -3.65. The third-order valence-corrected chi connectivity index (χ3v) is 5.05. The Morgan fingerprint density at radius 3 is 2.63 bits per heavy atom. The number of hydrogen-bond donors (Lipinski definition) is 2. The maximum Gasteiger partial charge on any atom is 0.277 e. The van der Waals surface area contributed by atoms with Crippen LogP contribution in [0.5, 0.6) is 0 Å². The van der Waals surface area contributed by atoms with Gasteiger partial charge in [-0.15, -0.1) is 10.2 Å². The topological polar surface area (TPSA) is 97.1 Å². The number of aromatic nitrogens is 2. The highest BCUT2D eigenvalue weighted by Crippen LogP contribution is 2.26. The molecule has 0 aliphatic heterocycles. The molecule has 4 aromatic rings. The van der Waals surface area contributed by atoms with E-state index in [0.29, 0.717) is 22.4 Å². The zero-order valence-electron chi connectivity index (χ0n) is 16.1. The Kier molecular flexibility index (Phi) is 5.76. The summed E-state index contributed by atoms with van der Waals surface area (Å²) in [5.41, 5.74) is 2.09. The van der Waals surface area contributed by atoms with E-state index in [2.05, 4.69) is 20.8 Å². The first-order valence-corrected chi connectivity index (χ1v) is 10.2. The number of nitrogens with zero attached hydrogens (tertiary/aromatic N) is 2. The Morgan fingerprint density at radius 2 is 1.77 bits per heavy atom. The lowest BCUT2D eigenvalue weighted by Crippen LogP contribution is -2.14. The lowest BCUT2D eigenvalue weighted by molar-refractivity contribution is -0.114. The number of benzene rings is 3. The molecule has 8 heteroatoms. The maximum absolute atomic E-state index is 12.4. The molecule has 30 heavy (non-hydrogen) atoms. The van der Waals surface area contributed by atoms with Crippen molar-refractivity contribution in [2.75, 3.05) is 16.4 Å². The minimum absolute atomic E-state index is 0.136. The molecule has 3 aromatic carbocycles. The number of hydrogen-bond acceptors (Lipinski definition) is 6. The highest BCUT2D eigenvalue weighted by molar-refractivity contribution is 7.99. The second kappa shape index (κ2) is 8.79. The van der Waals surface area contributed by atoms with E-state index in [1.165, 1.54) is 6.92 Å². The Balaban J connectivity index is 1.40. The summed E-state index contributed by atoms with van der Waals surface area (Å²) in [6, 6.07) is 20.8. The summed E-state index contributed by atoms with van der Waals surface area (Å²) in [6.07, 6.45) is 0. The summed E-state index contributed by atoms with van der Waals surface area (Å²) >= 11 is 1.16. The zero-order valence-corrected chi connectivity index (χ0v) is 16.9. The van der Waals surface area contributed by atoms with Crippen LogP contribution in [-0.2, 0) is 9.59 Å². The summed E-state index contributed by atoms with van der Waals surface area (Å²) in [7, 11) is 0. The number of carbonyl (C=O) groups is 2. The van der Waals surface area contributed by atoms with Gasteiger partial charge in [-0.1, -0.05) is 54.2 Å². The van der Waals surface area contributed by atoms with Crippen LogP contribution in [0.25, 0.3) is 22.2 Å². The van der Waals surface area contributed by atoms with Gasteiger partial charge in [0.1, 0.15) is 0 Å². The first-order chi connectivity index (χ1) is 14.6. The van der Waals surface area contributed by atoms with Gasteiger partial charge in [-0.3, -0.25) is 9.59 Å². The second-order valence-electron chi connectivity index (χ2n) is 6.50. The molecule has 0 aliphatic carbocycles. The van der Waals surface area contributed by atoms with Gasteiger partial charge in [0.15, 0.2) is 0 Å². The molecular weight excluding hydrogens is 400 g/mol. The number of thioether (sulfide) groups is 1. The van der Waals surface area contributed by atoms with E-state index in [-0.39, 0.29) is 17.6 Å². The average molecular weight is 418 g/mol. The summed E-state index contributed by atoms with van der Waals surface area (Å²) in [6.45, 7) is 1.44. The number of rotatable bonds is 6. The molecule has 0 spiro atoms. The monoisotopic (exact) mass is 418 g/mol. The van der Waals surface area contributed by atoms with Crippen molar-refractivity contribution in [3.05, 3.63) is 66.7 Å². The Morgan fingerprint density at radius 1 is 0.967 bits per heavy atom. The molecule has 0 radical (unpaired) electrons. The minimum atomic E-state index is -0.163. The third-order valence-electron chi connectivity index (χ3n) is 4.23. The fraction of sp³-hybridized carbons (Fsp3) is 0.0909. The SMILES string of the molecule is CC(=O)Nc1cccc(-c2nnc(SCC(=O)Nc3cccc4ccccc34)o2)c1. The number of amides is 2. The predicted octanol–water partition coefficient (Wildman–Crippen LogP) is 4.58. The van der Waals surface area contributed by atoms with Crippen molar-refractivity contribution in [3.63, 3.8) is 0 Å². The first-order valence-electron chi connectivity index (χ1n) is 9.20. The maximum atomic E-state index is 12.4. The van der Waals surface area contributed by atoms with E-state index >= 15 is 0 Å².